The molecule has 2 aromatic rings. The van der Waals surface area contributed by atoms with E-state index in [2.05, 4.69) is 15.4 Å². The van der Waals surface area contributed by atoms with Crippen molar-refractivity contribution in [2.45, 2.75) is 31.9 Å². The fourth-order valence-corrected chi connectivity index (χ4v) is 2.70. The van der Waals surface area contributed by atoms with Gasteiger partial charge < -0.3 is 15.4 Å². The molecule has 166 valence electrons. The Kier molecular flexibility index (Phi) is 7.43. The third-order valence-electron chi connectivity index (χ3n) is 4.71. The molecule has 0 bridgehead atoms. The maximum absolute atomic E-state index is 13.0. The number of carbonyl (C=O) groups is 3. The first-order chi connectivity index (χ1) is 14.4. The predicted molar refractivity (Wildman–Crippen MR) is 108 cm³/mol. The van der Waals surface area contributed by atoms with E-state index in [1.807, 2.05) is 0 Å². The molecule has 0 saturated heterocycles. The number of ether oxygens (including phenoxy) is 1. The quantitative estimate of drug-likeness (QED) is 0.652. The molecule has 0 aliphatic carbocycles. The first-order valence-electron chi connectivity index (χ1n) is 9.35. The molecule has 2 N–H and O–H groups in total. The third-order valence-corrected chi connectivity index (χ3v) is 4.71. The third kappa shape index (κ3) is 6.56. The number of nitrogens with one attached hydrogen (secondary N) is 2. The zero-order valence-corrected chi connectivity index (χ0v) is 17.3. The van der Waals surface area contributed by atoms with Crippen molar-refractivity contribution < 1.29 is 32.3 Å². The van der Waals surface area contributed by atoms with Gasteiger partial charge >= 0.3 is 12.1 Å². The Labute approximate surface area is 177 Å². The molecule has 0 aliphatic heterocycles. The number of halogens is 3. The van der Waals surface area contributed by atoms with Crippen LogP contribution in [0.15, 0.2) is 48.5 Å². The van der Waals surface area contributed by atoms with Crippen LogP contribution in [-0.2, 0) is 37.1 Å². The van der Waals surface area contributed by atoms with E-state index in [9.17, 15) is 27.6 Å². The summed E-state index contributed by atoms with van der Waals surface area (Å²) in [5, 5.41) is 5.10. The van der Waals surface area contributed by atoms with E-state index in [1.165, 1.54) is 33.1 Å². The first-order valence-corrected chi connectivity index (χ1v) is 9.35. The summed E-state index contributed by atoms with van der Waals surface area (Å²) in [6, 6.07) is 11.1. The van der Waals surface area contributed by atoms with Crippen molar-refractivity contribution in [1.82, 2.24) is 5.32 Å². The van der Waals surface area contributed by atoms with E-state index in [-0.39, 0.29) is 24.4 Å². The molecule has 0 unspecified atom stereocenters. The van der Waals surface area contributed by atoms with Crippen LogP contribution in [-0.4, -0.2) is 31.4 Å². The molecule has 2 amide bonds. The van der Waals surface area contributed by atoms with Crippen LogP contribution in [0.4, 0.5) is 18.9 Å². The molecule has 0 heterocycles. The van der Waals surface area contributed by atoms with Crippen molar-refractivity contribution in [3.05, 3.63) is 65.2 Å². The van der Waals surface area contributed by atoms with Crippen LogP contribution >= 0.6 is 0 Å². The van der Waals surface area contributed by atoms with Crippen LogP contribution in [0.5, 0.6) is 0 Å². The minimum Gasteiger partial charge on any atom is -0.468 e. The Morgan fingerprint density at radius 2 is 1.58 bits per heavy atom. The molecule has 0 spiro atoms. The van der Waals surface area contributed by atoms with Gasteiger partial charge in [-0.15, -0.1) is 0 Å². The number of esters is 1. The zero-order valence-electron chi connectivity index (χ0n) is 17.3. The number of benzene rings is 2. The van der Waals surface area contributed by atoms with Gasteiger partial charge in [0, 0.05) is 5.69 Å². The summed E-state index contributed by atoms with van der Waals surface area (Å²) >= 11 is 0. The average Bonchev–Trinajstić information content (AvgIpc) is 2.72. The first kappa shape index (κ1) is 23.9. The molecular formula is C22H23F3N2O4. The lowest BCUT2D eigenvalue weighted by Gasteiger charge is -2.25. The monoisotopic (exact) mass is 436 g/mol. The van der Waals surface area contributed by atoms with Crippen molar-refractivity contribution in [2.24, 2.45) is 0 Å². The second-order valence-electron chi connectivity index (χ2n) is 7.38. The van der Waals surface area contributed by atoms with Gasteiger partial charge in [-0.3, -0.25) is 14.4 Å². The van der Waals surface area contributed by atoms with E-state index in [4.69, 9.17) is 0 Å². The number of carbonyl (C=O) groups excluding carboxylic acids is 3. The summed E-state index contributed by atoms with van der Waals surface area (Å²) in [5.41, 5.74) is -0.714. The molecule has 2 rings (SSSR count). The molecule has 6 nitrogen and oxygen atoms in total. The molecule has 31 heavy (non-hydrogen) atoms. The van der Waals surface area contributed by atoms with E-state index in [0.717, 1.165) is 12.1 Å². The number of methoxy groups -OCH3 is 1. The normalized spacial score (nSPS) is 11.5. The highest BCUT2D eigenvalue weighted by Gasteiger charge is 2.35. The van der Waals surface area contributed by atoms with Crippen LogP contribution in [0, 0.1) is 0 Å². The van der Waals surface area contributed by atoms with Gasteiger partial charge in [-0.2, -0.15) is 13.2 Å². The van der Waals surface area contributed by atoms with Crippen molar-refractivity contribution in [2.75, 3.05) is 19.0 Å². The van der Waals surface area contributed by atoms with Crippen LogP contribution < -0.4 is 10.6 Å². The van der Waals surface area contributed by atoms with Gasteiger partial charge in [-0.25, -0.2) is 0 Å². The largest absolute Gasteiger partial charge is 0.468 e. The summed E-state index contributed by atoms with van der Waals surface area (Å²) in [5.74, 6) is -1.40. The van der Waals surface area contributed by atoms with Crippen LogP contribution in [0.3, 0.4) is 0 Å². The zero-order chi connectivity index (χ0) is 23.2. The Bertz CT molecular complexity index is 954. The number of hydrogen-bond donors (Lipinski definition) is 2. The minimum absolute atomic E-state index is 0.0287. The number of hydrogen-bond acceptors (Lipinski definition) is 4. The van der Waals surface area contributed by atoms with Crippen molar-refractivity contribution in [3.8, 4) is 0 Å². The van der Waals surface area contributed by atoms with Gasteiger partial charge in [0.15, 0.2) is 0 Å². The molecule has 0 aromatic heterocycles. The molecule has 0 fully saturated rings. The van der Waals surface area contributed by atoms with Gasteiger partial charge in [0.2, 0.25) is 11.8 Å². The summed E-state index contributed by atoms with van der Waals surface area (Å²) in [6.45, 7) is 2.85. The van der Waals surface area contributed by atoms with Crippen LogP contribution in [0.2, 0.25) is 0 Å². The highest BCUT2D eigenvalue weighted by molar-refractivity contribution is 5.98. The lowest BCUT2D eigenvalue weighted by Crippen LogP contribution is -2.35. The SMILES string of the molecule is COC(=O)CNC(=O)Cc1ccc(NC(=O)C(C)(C)c2cccc(C(F)(F)F)c2)cc1. The predicted octanol–water partition coefficient (Wildman–Crippen LogP) is 3.45. The minimum atomic E-state index is -4.50. The Balaban J connectivity index is 2.03. The van der Waals surface area contributed by atoms with E-state index >= 15 is 0 Å². The molecule has 0 radical (unpaired) electrons. The van der Waals surface area contributed by atoms with Gasteiger partial charge in [0.25, 0.3) is 0 Å². The van der Waals surface area contributed by atoms with E-state index < -0.39 is 29.0 Å². The fraction of sp³-hybridized carbons (Fsp3) is 0.318. The molecule has 2 aromatic carbocycles. The maximum Gasteiger partial charge on any atom is 0.416 e. The number of rotatable bonds is 7. The molecular weight excluding hydrogens is 413 g/mol. The fourth-order valence-electron chi connectivity index (χ4n) is 2.70. The summed E-state index contributed by atoms with van der Waals surface area (Å²) in [7, 11) is 1.22. The van der Waals surface area contributed by atoms with Gasteiger partial charge in [-0.1, -0.05) is 30.3 Å². The summed E-state index contributed by atoms with van der Waals surface area (Å²) in [4.78, 5) is 35.6. The molecule has 9 heteroatoms. The average molecular weight is 436 g/mol. The Hall–Kier alpha value is -3.36. The number of anilines is 1. The van der Waals surface area contributed by atoms with Gasteiger partial charge in [-0.05, 0) is 43.2 Å². The van der Waals surface area contributed by atoms with Gasteiger partial charge in [0.05, 0.1) is 24.5 Å². The lowest BCUT2D eigenvalue weighted by atomic mass is 9.83. The lowest BCUT2D eigenvalue weighted by molar-refractivity contribution is -0.141. The standard InChI is InChI=1S/C22H23F3N2O4/c1-21(2,15-5-4-6-16(12-15)22(23,24)25)20(30)27-17-9-7-14(8-10-17)11-18(28)26-13-19(29)31-3/h4-10,12H,11,13H2,1-3H3,(H,26,28)(H,27,30). The molecule has 0 saturated carbocycles. The molecule has 0 aliphatic rings. The van der Waals surface area contributed by atoms with Crippen molar-refractivity contribution >= 4 is 23.5 Å². The highest BCUT2D eigenvalue weighted by Crippen LogP contribution is 2.33. The van der Waals surface area contributed by atoms with Gasteiger partial charge in [0.1, 0.15) is 6.54 Å². The van der Waals surface area contributed by atoms with Crippen LogP contribution in [0.1, 0.15) is 30.5 Å². The summed E-state index contributed by atoms with van der Waals surface area (Å²) < 4.78 is 43.4. The second-order valence-corrected chi connectivity index (χ2v) is 7.38. The second kappa shape index (κ2) is 9.63. The van der Waals surface area contributed by atoms with Crippen LogP contribution in [0.25, 0.3) is 0 Å². The maximum atomic E-state index is 13.0. The topological polar surface area (TPSA) is 84.5 Å². The highest BCUT2D eigenvalue weighted by atomic mass is 19.4. The smallest absolute Gasteiger partial charge is 0.416 e. The summed E-state index contributed by atoms with van der Waals surface area (Å²) in [6.07, 6.45) is -4.47. The number of alkyl halides is 3. The van der Waals surface area contributed by atoms with Crippen molar-refractivity contribution in [3.63, 3.8) is 0 Å². The number of amides is 2. The van der Waals surface area contributed by atoms with Crippen molar-refractivity contribution in [1.29, 1.82) is 0 Å². The molecule has 0 atom stereocenters. The van der Waals surface area contributed by atoms with E-state index in [0.29, 0.717) is 11.3 Å². The van der Waals surface area contributed by atoms with E-state index in [1.54, 1.807) is 24.3 Å². The Morgan fingerprint density at radius 3 is 2.16 bits per heavy atom. The Morgan fingerprint density at radius 1 is 0.968 bits per heavy atom.